The number of methoxy groups -OCH3 is 1. The first-order valence-electron chi connectivity index (χ1n) is 5.24. The Bertz CT molecular complexity index is 547. The molecule has 4 N–H and O–H groups in total. The van der Waals surface area contributed by atoms with Crippen molar-refractivity contribution in [3.8, 4) is 11.5 Å². The molecule has 8 nitrogen and oxygen atoms in total. The van der Waals surface area contributed by atoms with Gasteiger partial charge in [0.1, 0.15) is 0 Å². The van der Waals surface area contributed by atoms with Crippen LogP contribution in [0.5, 0.6) is 11.5 Å². The zero-order valence-electron chi connectivity index (χ0n) is 10.4. The number of amides is 2. The second kappa shape index (κ2) is 7.34. The van der Waals surface area contributed by atoms with Crippen molar-refractivity contribution in [3.63, 3.8) is 0 Å². The second-order valence-electron chi connectivity index (χ2n) is 3.45. The van der Waals surface area contributed by atoms with Crippen molar-refractivity contribution in [1.82, 2.24) is 5.43 Å². The number of hydrogen-bond acceptors (Lipinski definition) is 5. The van der Waals surface area contributed by atoms with Gasteiger partial charge in [-0.25, -0.2) is 15.0 Å². The van der Waals surface area contributed by atoms with Crippen LogP contribution in [0.1, 0.15) is 5.56 Å². The van der Waals surface area contributed by atoms with E-state index in [1.54, 1.807) is 12.1 Å². The average molecular weight is 346 g/mol. The van der Waals surface area contributed by atoms with Crippen LogP contribution in [0.2, 0.25) is 0 Å². The zero-order chi connectivity index (χ0) is 15.1. The van der Waals surface area contributed by atoms with Crippen molar-refractivity contribution in [1.29, 1.82) is 0 Å². The smallest absolute Gasteiger partial charge is 0.341 e. The Morgan fingerprint density at radius 3 is 2.80 bits per heavy atom. The maximum absolute atomic E-state index is 10.5. The van der Waals surface area contributed by atoms with Gasteiger partial charge < -0.3 is 20.3 Å². The standard InChI is InChI=1S/C11H12BrN3O5/c1-19-8-3-6(4-14-15-11(13)18)2-7(12)10(8)20-5-9(16)17/h2-4H,5H2,1H3,(H,16,17)(H3,13,15,18)/b14-4-. The Kier molecular flexibility index (Phi) is 5.78. The highest BCUT2D eigenvalue weighted by atomic mass is 79.9. The number of carboxylic acids is 1. The second-order valence-corrected chi connectivity index (χ2v) is 4.31. The third-order valence-corrected chi connectivity index (χ3v) is 2.57. The molecule has 9 heteroatoms. The minimum atomic E-state index is -1.10. The monoisotopic (exact) mass is 345 g/mol. The van der Waals surface area contributed by atoms with Crippen molar-refractivity contribution in [2.24, 2.45) is 10.8 Å². The maximum atomic E-state index is 10.5. The fourth-order valence-corrected chi connectivity index (χ4v) is 1.83. The van der Waals surface area contributed by atoms with E-state index in [9.17, 15) is 9.59 Å². The Labute approximate surface area is 122 Å². The van der Waals surface area contributed by atoms with Crippen molar-refractivity contribution in [3.05, 3.63) is 22.2 Å². The van der Waals surface area contributed by atoms with Crippen LogP contribution in [0, 0.1) is 0 Å². The summed E-state index contributed by atoms with van der Waals surface area (Å²) in [6.45, 7) is -0.494. The zero-order valence-corrected chi connectivity index (χ0v) is 12.0. The molecule has 0 saturated heterocycles. The molecule has 0 spiro atoms. The highest BCUT2D eigenvalue weighted by Gasteiger charge is 2.12. The highest BCUT2D eigenvalue weighted by molar-refractivity contribution is 9.10. The van der Waals surface area contributed by atoms with E-state index in [-0.39, 0.29) is 5.75 Å². The van der Waals surface area contributed by atoms with Crippen LogP contribution >= 0.6 is 15.9 Å². The number of benzene rings is 1. The minimum absolute atomic E-state index is 0.259. The van der Waals surface area contributed by atoms with Gasteiger partial charge in [0.2, 0.25) is 0 Å². The number of rotatable bonds is 6. The lowest BCUT2D eigenvalue weighted by molar-refractivity contribution is -0.139. The predicted molar refractivity (Wildman–Crippen MR) is 74.1 cm³/mol. The lowest BCUT2D eigenvalue weighted by Crippen LogP contribution is -2.24. The van der Waals surface area contributed by atoms with Crippen LogP contribution in [0.25, 0.3) is 0 Å². The van der Waals surface area contributed by atoms with Crippen LogP contribution < -0.4 is 20.6 Å². The summed E-state index contributed by atoms with van der Waals surface area (Å²) in [5.41, 5.74) is 7.50. The van der Waals surface area contributed by atoms with Crippen LogP contribution in [-0.2, 0) is 4.79 Å². The number of aliphatic carboxylic acids is 1. The van der Waals surface area contributed by atoms with Crippen LogP contribution in [-0.4, -0.2) is 37.0 Å². The summed E-state index contributed by atoms with van der Waals surface area (Å²) < 4.78 is 10.7. The van der Waals surface area contributed by atoms with Gasteiger partial charge in [0, 0.05) is 0 Å². The quantitative estimate of drug-likeness (QED) is 0.522. The fraction of sp³-hybridized carbons (Fsp3) is 0.182. The maximum Gasteiger partial charge on any atom is 0.341 e. The highest BCUT2D eigenvalue weighted by Crippen LogP contribution is 2.36. The number of primary amides is 1. The summed E-state index contributed by atoms with van der Waals surface area (Å²) in [4.78, 5) is 21.0. The number of carbonyl (C=O) groups is 2. The van der Waals surface area contributed by atoms with Gasteiger partial charge in [0.25, 0.3) is 0 Å². The third kappa shape index (κ3) is 4.76. The summed E-state index contributed by atoms with van der Waals surface area (Å²) >= 11 is 3.24. The topological polar surface area (TPSA) is 123 Å². The molecule has 0 aliphatic rings. The van der Waals surface area contributed by atoms with Gasteiger partial charge in [-0.2, -0.15) is 5.10 Å². The molecule has 0 heterocycles. The number of carbonyl (C=O) groups excluding carboxylic acids is 1. The predicted octanol–water partition coefficient (Wildman–Crippen LogP) is 0.923. The molecule has 0 aliphatic heterocycles. The van der Waals surface area contributed by atoms with Gasteiger partial charge >= 0.3 is 12.0 Å². The molecule has 108 valence electrons. The number of ether oxygens (including phenoxy) is 2. The van der Waals surface area contributed by atoms with Crippen LogP contribution in [0.4, 0.5) is 4.79 Å². The molecule has 0 saturated carbocycles. The van der Waals surface area contributed by atoms with Crippen molar-refractivity contribution < 1.29 is 24.2 Å². The molecular weight excluding hydrogens is 334 g/mol. The van der Waals surface area contributed by atoms with Gasteiger partial charge in [0.15, 0.2) is 18.1 Å². The number of nitrogens with zero attached hydrogens (tertiary/aromatic N) is 1. The van der Waals surface area contributed by atoms with Gasteiger partial charge in [-0.3, -0.25) is 0 Å². The van der Waals surface area contributed by atoms with E-state index in [2.05, 4.69) is 21.0 Å². The fourth-order valence-electron chi connectivity index (χ4n) is 1.26. The summed E-state index contributed by atoms with van der Waals surface area (Å²) in [6.07, 6.45) is 1.35. The Morgan fingerprint density at radius 2 is 2.25 bits per heavy atom. The molecule has 0 unspecified atom stereocenters. The molecule has 0 radical (unpaired) electrons. The Balaban J connectivity index is 2.97. The molecule has 2 amide bonds. The number of halogens is 1. The summed E-state index contributed by atoms with van der Waals surface area (Å²) in [6, 6.07) is 2.40. The number of urea groups is 1. The molecule has 0 aliphatic carbocycles. The van der Waals surface area contributed by atoms with E-state index < -0.39 is 18.6 Å². The number of nitrogens with one attached hydrogen (secondary N) is 1. The lowest BCUT2D eigenvalue weighted by atomic mass is 10.2. The number of carboxylic acid groups (broad SMARTS) is 1. The average Bonchev–Trinajstić information content (AvgIpc) is 2.36. The lowest BCUT2D eigenvalue weighted by Gasteiger charge is -2.11. The van der Waals surface area contributed by atoms with Gasteiger partial charge in [0.05, 0.1) is 17.8 Å². The van der Waals surface area contributed by atoms with E-state index in [0.29, 0.717) is 15.8 Å². The first-order chi connectivity index (χ1) is 9.43. The molecule has 1 aromatic carbocycles. The number of nitrogens with two attached hydrogens (primary N) is 1. The first kappa shape index (κ1) is 15.8. The summed E-state index contributed by atoms with van der Waals surface area (Å²) in [5.74, 6) is -0.522. The van der Waals surface area contributed by atoms with E-state index in [4.69, 9.17) is 20.3 Å². The largest absolute Gasteiger partial charge is 0.493 e. The molecule has 1 aromatic rings. The molecule has 1 rings (SSSR count). The Morgan fingerprint density at radius 1 is 1.55 bits per heavy atom. The van der Waals surface area contributed by atoms with E-state index in [0.717, 1.165) is 0 Å². The van der Waals surface area contributed by atoms with Crippen LogP contribution in [0.15, 0.2) is 21.7 Å². The molecule has 0 atom stereocenters. The minimum Gasteiger partial charge on any atom is -0.493 e. The van der Waals surface area contributed by atoms with E-state index >= 15 is 0 Å². The van der Waals surface area contributed by atoms with Crippen molar-refractivity contribution >= 4 is 34.1 Å². The van der Waals surface area contributed by atoms with Gasteiger partial charge in [-0.05, 0) is 33.6 Å². The normalized spacial score (nSPS) is 10.3. The SMILES string of the molecule is COc1cc(/C=N\NC(N)=O)cc(Br)c1OCC(=O)O. The Hall–Kier alpha value is -2.29. The number of hydrogen-bond donors (Lipinski definition) is 3. The van der Waals surface area contributed by atoms with Crippen LogP contribution in [0.3, 0.4) is 0 Å². The summed E-state index contributed by atoms with van der Waals surface area (Å²) in [5, 5.41) is 12.2. The molecule has 0 bridgehead atoms. The van der Waals surface area contributed by atoms with Gasteiger partial charge in [-0.1, -0.05) is 0 Å². The molecule has 20 heavy (non-hydrogen) atoms. The summed E-state index contributed by atoms with van der Waals surface area (Å²) in [7, 11) is 1.41. The first-order valence-corrected chi connectivity index (χ1v) is 6.04. The van der Waals surface area contributed by atoms with Crippen molar-refractivity contribution in [2.45, 2.75) is 0 Å². The van der Waals surface area contributed by atoms with E-state index in [1.807, 2.05) is 5.43 Å². The molecule has 0 aromatic heterocycles. The van der Waals surface area contributed by atoms with E-state index in [1.165, 1.54) is 13.3 Å². The third-order valence-electron chi connectivity index (χ3n) is 1.98. The molecule has 0 fully saturated rings. The van der Waals surface area contributed by atoms with Gasteiger partial charge in [-0.15, -0.1) is 0 Å². The molecular formula is C11H12BrN3O5. The van der Waals surface area contributed by atoms with Crippen molar-refractivity contribution in [2.75, 3.05) is 13.7 Å². The number of hydrazone groups is 1.